The number of rotatable bonds is 6. The summed E-state index contributed by atoms with van der Waals surface area (Å²) in [5, 5.41) is 21.2. The van der Waals surface area contributed by atoms with E-state index in [4.69, 9.17) is 23.2 Å². The summed E-state index contributed by atoms with van der Waals surface area (Å²) in [5.74, 6) is -0.705. The Hall–Kier alpha value is -3.93. The highest BCUT2D eigenvalue weighted by atomic mass is 35.5. The SMILES string of the molecule is O=C(N=Nc1c(O)n(Cc2ccc(Cl)c(Cl)c2)c2ccccc12)C1CC1(c1ccccc1)c1ccccc1. The molecule has 1 aromatic heterocycles. The van der Waals surface area contributed by atoms with Gasteiger partial charge in [-0.05, 0) is 41.3 Å². The molecule has 1 fully saturated rings. The van der Waals surface area contributed by atoms with Crippen molar-refractivity contribution in [2.24, 2.45) is 16.1 Å². The summed E-state index contributed by atoms with van der Waals surface area (Å²) in [6, 6.07) is 33.0. The summed E-state index contributed by atoms with van der Waals surface area (Å²) in [6.07, 6.45) is 0.657. The van der Waals surface area contributed by atoms with Gasteiger partial charge in [-0.3, -0.25) is 4.79 Å². The number of hydrogen-bond acceptors (Lipinski definition) is 3. The lowest BCUT2D eigenvalue weighted by Crippen LogP contribution is -2.16. The maximum Gasteiger partial charge on any atom is 0.269 e. The molecule has 0 saturated heterocycles. The average molecular weight is 540 g/mol. The van der Waals surface area contributed by atoms with Crippen molar-refractivity contribution in [1.29, 1.82) is 0 Å². The molecule has 0 bridgehead atoms. The summed E-state index contributed by atoms with van der Waals surface area (Å²) in [6.45, 7) is 0.348. The van der Waals surface area contributed by atoms with E-state index in [0.717, 1.165) is 22.2 Å². The molecule has 0 spiro atoms. The molecule has 7 heteroatoms. The minimum atomic E-state index is -0.428. The van der Waals surface area contributed by atoms with Gasteiger partial charge in [0.2, 0.25) is 5.88 Å². The van der Waals surface area contributed by atoms with Crippen molar-refractivity contribution in [3.8, 4) is 5.88 Å². The number of nitrogens with zero attached hydrogens (tertiary/aromatic N) is 3. The number of hydrogen-bond donors (Lipinski definition) is 1. The number of amides is 1. The fraction of sp³-hybridized carbons (Fsp3) is 0.129. The Morgan fingerprint density at radius 3 is 2.16 bits per heavy atom. The molecule has 1 aliphatic carbocycles. The quantitative estimate of drug-likeness (QED) is 0.220. The predicted octanol–water partition coefficient (Wildman–Crippen LogP) is 8.32. The van der Waals surface area contributed by atoms with Gasteiger partial charge in [0.15, 0.2) is 5.69 Å². The average Bonchev–Trinajstić information content (AvgIpc) is 3.66. The Labute approximate surface area is 230 Å². The molecule has 1 atom stereocenters. The lowest BCUT2D eigenvalue weighted by atomic mass is 9.85. The Kier molecular flexibility index (Phi) is 6.26. The molecule has 188 valence electrons. The van der Waals surface area contributed by atoms with E-state index in [1.54, 1.807) is 16.7 Å². The largest absolute Gasteiger partial charge is 0.493 e. The topological polar surface area (TPSA) is 66.9 Å². The third-order valence-corrected chi connectivity index (χ3v) is 8.07. The van der Waals surface area contributed by atoms with Crippen LogP contribution in [0, 0.1) is 5.92 Å². The van der Waals surface area contributed by atoms with E-state index < -0.39 is 5.41 Å². The van der Waals surface area contributed by atoms with Crippen LogP contribution >= 0.6 is 23.2 Å². The van der Waals surface area contributed by atoms with Crippen molar-refractivity contribution in [1.82, 2.24) is 4.57 Å². The van der Waals surface area contributed by atoms with Crippen LogP contribution in [0.2, 0.25) is 10.0 Å². The Bertz CT molecular complexity index is 1640. The van der Waals surface area contributed by atoms with Gasteiger partial charge in [0.05, 0.1) is 28.0 Å². The maximum atomic E-state index is 13.4. The molecular formula is C31H23Cl2N3O2. The lowest BCUT2D eigenvalue weighted by molar-refractivity contribution is -0.119. The monoisotopic (exact) mass is 539 g/mol. The van der Waals surface area contributed by atoms with Gasteiger partial charge < -0.3 is 9.67 Å². The van der Waals surface area contributed by atoms with Crippen LogP contribution in [0.25, 0.3) is 10.9 Å². The molecule has 0 radical (unpaired) electrons. The van der Waals surface area contributed by atoms with Crippen LogP contribution in [0.1, 0.15) is 23.1 Å². The highest BCUT2D eigenvalue weighted by Crippen LogP contribution is 2.59. The molecule has 1 amide bonds. The van der Waals surface area contributed by atoms with Crippen molar-refractivity contribution in [2.45, 2.75) is 18.4 Å². The summed E-state index contributed by atoms with van der Waals surface area (Å²) in [5.41, 5.74) is 3.64. The summed E-state index contributed by atoms with van der Waals surface area (Å²) < 4.78 is 1.73. The molecule has 1 aliphatic rings. The summed E-state index contributed by atoms with van der Waals surface area (Å²) >= 11 is 12.3. The standard InChI is InChI=1S/C31H23Cl2N3O2/c32-25-16-15-20(17-26(25)33)19-36-27-14-8-7-13-23(27)28(30(36)38)34-35-29(37)24-18-31(24,21-9-3-1-4-10-21)22-11-5-2-6-12-22/h1-17,24,38H,18-19H2. The van der Waals surface area contributed by atoms with Gasteiger partial charge in [0, 0.05) is 10.8 Å². The van der Waals surface area contributed by atoms with E-state index in [2.05, 4.69) is 34.5 Å². The first kappa shape index (κ1) is 24.4. The third kappa shape index (κ3) is 4.18. The minimum Gasteiger partial charge on any atom is -0.493 e. The second kappa shape index (κ2) is 9.75. The van der Waals surface area contributed by atoms with Gasteiger partial charge in [0.25, 0.3) is 5.91 Å². The molecule has 1 unspecified atom stereocenters. The predicted molar refractivity (Wildman–Crippen MR) is 150 cm³/mol. The maximum absolute atomic E-state index is 13.4. The fourth-order valence-corrected chi connectivity index (χ4v) is 5.68. The van der Waals surface area contributed by atoms with Gasteiger partial charge in [-0.15, -0.1) is 10.2 Å². The molecule has 1 saturated carbocycles. The number of halogens is 2. The van der Waals surface area contributed by atoms with E-state index >= 15 is 0 Å². The number of carbonyl (C=O) groups is 1. The second-order valence-electron chi connectivity index (χ2n) is 9.52. The van der Waals surface area contributed by atoms with Crippen LogP contribution in [0.3, 0.4) is 0 Å². The number of aromatic hydroxyl groups is 1. The number of benzene rings is 4. The molecule has 5 aromatic rings. The van der Waals surface area contributed by atoms with Crippen molar-refractivity contribution in [2.75, 3.05) is 0 Å². The summed E-state index contributed by atoms with van der Waals surface area (Å²) in [7, 11) is 0. The van der Waals surface area contributed by atoms with Gasteiger partial charge in [-0.1, -0.05) is 108 Å². The zero-order chi connectivity index (χ0) is 26.3. The second-order valence-corrected chi connectivity index (χ2v) is 10.3. The molecule has 1 heterocycles. The Balaban J connectivity index is 1.33. The zero-order valence-electron chi connectivity index (χ0n) is 20.3. The van der Waals surface area contributed by atoms with Gasteiger partial charge in [0.1, 0.15) is 0 Å². The molecule has 38 heavy (non-hydrogen) atoms. The molecule has 4 aromatic carbocycles. The summed E-state index contributed by atoms with van der Waals surface area (Å²) in [4.78, 5) is 13.4. The van der Waals surface area contributed by atoms with Crippen LogP contribution in [0.4, 0.5) is 5.69 Å². The van der Waals surface area contributed by atoms with Crippen LogP contribution < -0.4 is 0 Å². The van der Waals surface area contributed by atoms with Crippen molar-refractivity contribution in [3.05, 3.63) is 130 Å². The van der Waals surface area contributed by atoms with Crippen LogP contribution in [0.5, 0.6) is 5.88 Å². The minimum absolute atomic E-state index is 0.0676. The first-order valence-electron chi connectivity index (χ1n) is 12.3. The number of para-hydroxylation sites is 1. The highest BCUT2D eigenvalue weighted by Gasteiger charge is 2.60. The van der Waals surface area contributed by atoms with Gasteiger partial charge >= 0.3 is 0 Å². The normalized spacial score (nSPS) is 16.2. The van der Waals surface area contributed by atoms with Crippen molar-refractivity contribution in [3.63, 3.8) is 0 Å². The Morgan fingerprint density at radius 2 is 1.50 bits per heavy atom. The lowest BCUT2D eigenvalue weighted by Gasteiger charge is -2.17. The van der Waals surface area contributed by atoms with E-state index in [1.807, 2.05) is 66.7 Å². The third-order valence-electron chi connectivity index (χ3n) is 7.33. The molecular weight excluding hydrogens is 517 g/mol. The number of carbonyl (C=O) groups excluding carboxylic acids is 1. The first-order valence-corrected chi connectivity index (χ1v) is 13.1. The van der Waals surface area contributed by atoms with Crippen LogP contribution in [-0.4, -0.2) is 15.6 Å². The first-order chi connectivity index (χ1) is 18.5. The molecule has 0 aliphatic heterocycles. The molecule has 6 rings (SSSR count). The number of azo groups is 1. The number of fused-ring (bicyclic) bond motifs is 1. The van der Waals surface area contributed by atoms with Crippen LogP contribution in [0.15, 0.2) is 113 Å². The zero-order valence-corrected chi connectivity index (χ0v) is 21.8. The molecule has 5 nitrogen and oxygen atoms in total. The van der Waals surface area contributed by atoms with Gasteiger partial charge in [-0.2, -0.15) is 0 Å². The number of aromatic nitrogens is 1. The smallest absolute Gasteiger partial charge is 0.269 e. The Morgan fingerprint density at radius 1 is 0.868 bits per heavy atom. The van der Waals surface area contributed by atoms with E-state index in [1.165, 1.54) is 0 Å². The van der Waals surface area contributed by atoms with E-state index in [9.17, 15) is 9.90 Å². The van der Waals surface area contributed by atoms with E-state index in [0.29, 0.717) is 28.4 Å². The molecule has 1 N–H and O–H groups in total. The highest BCUT2D eigenvalue weighted by molar-refractivity contribution is 6.42. The van der Waals surface area contributed by atoms with Crippen LogP contribution in [-0.2, 0) is 16.8 Å². The van der Waals surface area contributed by atoms with E-state index in [-0.39, 0.29) is 23.4 Å². The van der Waals surface area contributed by atoms with Crippen molar-refractivity contribution < 1.29 is 9.90 Å². The fourth-order valence-electron chi connectivity index (χ4n) is 5.36. The van der Waals surface area contributed by atoms with Gasteiger partial charge in [-0.25, -0.2) is 0 Å². The van der Waals surface area contributed by atoms with Crippen molar-refractivity contribution >= 4 is 45.7 Å².